The molecule has 0 aromatic heterocycles. The number of rotatable bonds is 13. The maximum Gasteiger partial charge on any atom is 0.331 e. The van der Waals surface area contributed by atoms with E-state index in [-0.39, 0.29) is 17.5 Å². The molecule has 0 radical (unpaired) electrons. The SMILES string of the molecule is C=CC[C@H](C)[C@@H](O)C(C)C(=O)C(C)(C)C(=CC(=O)O)O[Si](CC)(CC)CC. The molecule has 3 atom stereocenters. The smallest absolute Gasteiger partial charge is 0.331 e. The molecule has 0 bridgehead atoms. The number of carbonyl (C=O) groups is 2. The highest BCUT2D eigenvalue weighted by atomic mass is 28.4. The van der Waals surface area contributed by atoms with Crippen LogP contribution in [-0.4, -0.2) is 36.4 Å². The van der Waals surface area contributed by atoms with Crippen LogP contribution in [0.15, 0.2) is 24.5 Å². The minimum atomic E-state index is -2.16. The van der Waals surface area contributed by atoms with E-state index in [1.165, 1.54) is 0 Å². The molecule has 0 fully saturated rings. The summed E-state index contributed by atoms with van der Waals surface area (Å²) in [6.45, 7) is 16.8. The lowest BCUT2D eigenvalue weighted by molar-refractivity contribution is -0.134. The van der Waals surface area contributed by atoms with E-state index in [4.69, 9.17) is 4.43 Å². The number of carbonyl (C=O) groups excluding carboxylic acids is 1. The van der Waals surface area contributed by atoms with E-state index >= 15 is 0 Å². The van der Waals surface area contributed by atoms with Gasteiger partial charge in [0, 0.05) is 5.92 Å². The monoisotopic (exact) mass is 398 g/mol. The fourth-order valence-corrected chi connectivity index (χ4v) is 6.10. The summed E-state index contributed by atoms with van der Waals surface area (Å²) in [4.78, 5) is 24.6. The summed E-state index contributed by atoms with van der Waals surface area (Å²) in [6, 6.07) is 2.53. The van der Waals surface area contributed by atoms with Gasteiger partial charge in [-0.15, -0.1) is 6.58 Å². The molecule has 156 valence electrons. The van der Waals surface area contributed by atoms with Crippen LogP contribution in [0.4, 0.5) is 0 Å². The Morgan fingerprint density at radius 1 is 1.15 bits per heavy atom. The molecule has 0 heterocycles. The number of carboxylic acids is 1. The number of allylic oxidation sites excluding steroid dienone is 2. The molecule has 6 heteroatoms. The molecular weight excluding hydrogens is 360 g/mol. The first-order valence-electron chi connectivity index (χ1n) is 9.89. The average Bonchev–Trinajstić information content (AvgIpc) is 2.63. The largest absolute Gasteiger partial charge is 0.545 e. The Morgan fingerprint density at radius 2 is 1.63 bits per heavy atom. The molecule has 2 N–H and O–H groups in total. The summed E-state index contributed by atoms with van der Waals surface area (Å²) in [5, 5.41) is 19.9. The van der Waals surface area contributed by atoms with Crippen molar-refractivity contribution in [1.29, 1.82) is 0 Å². The first-order chi connectivity index (χ1) is 12.4. The van der Waals surface area contributed by atoms with Gasteiger partial charge in [0.25, 0.3) is 0 Å². The zero-order valence-corrected chi connectivity index (χ0v) is 19.0. The van der Waals surface area contributed by atoms with Gasteiger partial charge in [-0.05, 0) is 44.3 Å². The van der Waals surface area contributed by atoms with E-state index < -0.39 is 31.7 Å². The molecule has 0 spiro atoms. The van der Waals surface area contributed by atoms with Gasteiger partial charge >= 0.3 is 5.97 Å². The Morgan fingerprint density at radius 3 is 2.00 bits per heavy atom. The lowest BCUT2D eigenvalue weighted by atomic mass is 9.75. The van der Waals surface area contributed by atoms with Crippen LogP contribution >= 0.6 is 0 Å². The maximum absolute atomic E-state index is 13.2. The Balaban J connectivity index is 5.86. The van der Waals surface area contributed by atoms with Crippen LogP contribution in [0, 0.1) is 17.3 Å². The minimum Gasteiger partial charge on any atom is -0.545 e. The Kier molecular flexibility index (Phi) is 10.2. The van der Waals surface area contributed by atoms with Gasteiger partial charge < -0.3 is 14.6 Å². The highest BCUT2D eigenvalue weighted by Gasteiger charge is 2.43. The Bertz CT molecular complexity index is 541. The van der Waals surface area contributed by atoms with Crippen molar-refractivity contribution in [3.8, 4) is 0 Å². The lowest BCUT2D eigenvalue weighted by Crippen LogP contribution is -2.44. The predicted molar refractivity (Wildman–Crippen MR) is 112 cm³/mol. The second-order valence-electron chi connectivity index (χ2n) is 7.96. The molecule has 0 aromatic rings. The molecule has 0 aromatic carbocycles. The van der Waals surface area contributed by atoms with Gasteiger partial charge in [-0.3, -0.25) is 4.79 Å². The second-order valence-corrected chi connectivity index (χ2v) is 12.7. The normalized spacial score (nSPS) is 16.4. The lowest BCUT2D eigenvalue weighted by Gasteiger charge is -2.38. The van der Waals surface area contributed by atoms with Crippen LogP contribution < -0.4 is 0 Å². The predicted octanol–water partition coefficient (Wildman–Crippen LogP) is 4.78. The average molecular weight is 399 g/mol. The van der Waals surface area contributed by atoms with Crippen molar-refractivity contribution in [2.24, 2.45) is 17.3 Å². The van der Waals surface area contributed by atoms with Crippen molar-refractivity contribution in [2.45, 2.75) is 79.1 Å². The van der Waals surface area contributed by atoms with E-state index in [2.05, 4.69) is 27.4 Å². The van der Waals surface area contributed by atoms with Crippen LogP contribution in [0.3, 0.4) is 0 Å². The zero-order valence-electron chi connectivity index (χ0n) is 18.0. The fourth-order valence-electron chi connectivity index (χ4n) is 3.39. The van der Waals surface area contributed by atoms with E-state index in [9.17, 15) is 19.8 Å². The number of aliphatic hydroxyl groups excluding tert-OH is 1. The number of aliphatic hydroxyl groups is 1. The third-order valence-electron chi connectivity index (χ3n) is 5.79. The van der Waals surface area contributed by atoms with Crippen LogP contribution in [0.1, 0.15) is 54.9 Å². The first kappa shape index (κ1) is 25.6. The van der Waals surface area contributed by atoms with Crippen molar-refractivity contribution in [1.82, 2.24) is 0 Å². The van der Waals surface area contributed by atoms with Crippen molar-refractivity contribution < 1.29 is 24.2 Å². The number of hydrogen-bond donors (Lipinski definition) is 2. The number of Topliss-reactive ketones (excluding diaryl/α,β-unsaturated/α-hetero) is 1. The summed E-state index contributed by atoms with van der Waals surface area (Å²) in [7, 11) is -2.16. The van der Waals surface area contributed by atoms with Gasteiger partial charge in [-0.2, -0.15) is 0 Å². The van der Waals surface area contributed by atoms with Crippen LogP contribution in [0.2, 0.25) is 18.1 Å². The van der Waals surface area contributed by atoms with E-state index in [0.717, 1.165) is 24.2 Å². The molecule has 0 aliphatic carbocycles. The van der Waals surface area contributed by atoms with Crippen molar-refractivity contribution >= 4 is 20.1 Å². The standard InChI is InChI=1S/C21H38O5Si/c1-9-13-15(5)19(24)16(6)20(25)21(7,8)17(14-18(22)23)26-27(10-2,11-3)12-4/h9,14-16,19,24H,1,10-13H2,2-8H3,(H,22,23)/t15-,16?,19+/m0/s1. The third kappa shape index (κ3) is 6.61. The summed E-state index contributed by atoms with van der Waals surface area (Å²) in [6.07, 6.45) is 2.52. The quantitative estimate of drug-likeness (QED) is 0.202. The van der Waals surface area contributed by atoms with E-state index in [1.807, 2.05) is 6.92 Å². The van der Waals surface area contributed by atoms with Gasteiger partial charge in [0.2, 0.25) is 8.32 Å². The molecule has 27 heavy (non-hydrogen) atoms. The molecule has 1 unspecified atom stereocenters. The second kappa shape index (κ2) is 10.8. The topological polar surface area (TPSA) is 83.8 Å². The highest BCUT2D eigenvalue weighted by molar-refractivity contribution is 6.73. The molecule has 0 saturated carbocycles. The number of ketones is 1. The number of carboxylic acid groups (broad SMARTS) is 1. The van der Waals surface area contributed by atoms with Gasteiger partial charge in [0.05, 0.1) is 23.4 Å². The molecule has 5 nitrogen and oxygen atoms in total. The van der Waals surface area contributed by atoms with E-state index in [1.54, 1.807) is 26.8 Å². The zero-order chi connectivity index (χ0) is 21.4. The summed E-state index contributed by atoms with van der Waals surface area (Å²) < 4.78 is 6.32. The molecule has 0 saturated heterocycles. The molecular formula is C21H38O5Si. The highest BCUT2D eigenvalue weighted by Crippen LogP contribution is 2.37. The Hall–Kier alpha value is -1.40. The molecule has 0 aliphatic rings. The minimum absolute atomic E-state index is 0.111. The first-order valence-corrected chi connectivity index (χ1v) is 12.4. The summed E-state index contributed by atoms with van der Waals surface area (Å²) >= 11 is 0. The van der Waals surface area contributed by atoms with Gasteiger partial charge in [-0.1, -0.05) is 40.7 Å². The Labute approximate surface area is 165 Å². The van der Waals surface area contributed by atoms with Crippen LogP contribution in [0.5, 0.6) is 0 Å². The maximum atomic E-state index is 13.2. The van der Waals surface area contributed by atoms with Gasteiger partial charge in [0.15, 0.2) is 5.78 Å². The summed E-state index contributed by atoms with van der Waals surface area (Å²) in [5.74, 6) is -1.90. The molecule has 0 aliphatic heterocycles. The molecule has 0 rings (SSSR count). The fraction of sp³-hybridized carbons (Fsp3) is 0.714. The van der Waals surface area contributed by atoms with Crippen LogP contribution in [-0.2, 0) is 14.0 Å². The van der Waals surface area contributed by atoms with Gasteiger partial charge in [0.1, 0.15) is 0 Å². The van der Waals surface area contributed by atoms with Gasteiger partial charge in [-0.25, -0.2) is 4.79 Å². The van der Waals surface area contributed by atoms with E-state index in [0.29, 0.717) is 6.42 Å². The number of aliphatic carboxylic acids is 1. The van der Waals surface area contributed by atoms with Crippen molar-refractivity contribution in [2.75, 3.05) is 0 Å². The third-order valence-corrected chi connectivity index (χ3v) is 10.3. The van der Waals surface area contributed by atoms with Crippen LogP contribution in [0.25, 0.3) is 0 Å². The molecule has 0 amide bonds. The van der Waals surface area contributed by atoms with Crippen molar-refractivity contribution in [3.05, 3.63) is 24.5 Å². The summed E-state index contributed by atoms with van der Waals surface area (Å²) in [5.41, 5.74) is -1.13. The van der Waals surface area contributed by atoms with Crippen molar-refractivity contribution in [3.63, 3.8) is 0 Å². The number of hydrogen-bond acceptors (Lipinski definition) is 4.